The second kappa shape index (κ2) is 4.70. The van der Waals surface area contributed by atoms with Crippen molar-refractivity contribution in [3.8, 4) is 0 Å². The largest absolute Gasteiger partial charge is 0.393 e. The van der Waals surface area contributed by atoms with Gasteiger partial charge in [0, 0.05) is 12.1 Å². The van der Waals surface area contributed by atoms with E-state index in [9.17, 15) is 4.79 Å². The van der Waals surface area contributed by atoms with Crippen LogP contribution in [-0.4, -0.2) is 27.9 Å². The summed E-state index contributed by atoms with van der Waals surface area (Å²) in [5.41, 5.74) is 5.63. The van der Waals surface area contributed by atoms with Crippen LogP contribution in [0.5, 0.6) is 0 Å². The average Bonchev–Trinajstić information content (AvgIpc) is 2.43. The van der Waals surface area contributed by atoms with Crippen LogP contribution in [0.15, 0.2) is 0 Å². The van der Waals surface area contributed by atoms with Crippen molar-refractivity contribution in [1.29, 1.82) is 0 Å². The van der Waals surface area contributed by atoms with E-state index in [0.29, 0.717) is 4.99 Å². The van der Waals surface area contributed by atoms with Crippen molar-refractivity contribution in [2.75, 3.05) is 6.54 Å². The fourth-order valence-electron chi connectivity index (χ4n) is 2.42. The molecule has 0 aromatic heterocycles. The smallest absolute Gasteiger partial charge is 0.233 e. The first-order valence-electron chi connectivity index (χ1n) is 5.88. The Labute approximate surface area is 103 Å². The highest BCUT2D eigenvalue weighted by Gasteiger charge is 2.39. The summed E-state index contributed by atoms with van der Waals surface area (Å²) in [5.74, 6) is -0.0428. The van der Waals surface area contributed by atoms with Crippen LogP contribution in [0.2, 0.25) is 0 Å². The van der Waals surface area contributed by atoms with Crippen molar-refractivity contribution in [2.24, 2.45) is 17.6 Å². The van der Waals surface area contributed by atoms with E-state index in [4.69, 9.17) is 18.0 Å². The molecule has 0 aromatic carbocycles. The molecule has 1 saturated heterocycles. The van der Waals surface area contributed by atoms with Gasteiger partial charge < -0.3 is 10.6 Å². The molecule has 1 atom stereocenters. The normalized spacial score (nSPS) is 21.2. The third-order valence-electron chi connectivity index (χ3n) is 3.41. The summed E-state index contributed by atoms with van der Waals surface area (Å²) in [5, 5.41) is 0. The molecule has 1 heterocycles. The summed E-state index contributed by atoms with van der Waals surface area (Å²) in [6.07, 6.45) is 2.13. The van der Waals surface area contributed by atoms with Crippen molar-refractivity contribution >= 4 is 23.1 Å². The number of hydrogen-bond acceptors (Lipinski definition) is 2. The van der Waals surface area contributed by atoms with Crippen molar-refractivity contribution in [3.05, 3.63) is 0 Å². The summed E-state index contributed by atoms with van der Waals surface area (Å²) < 4.78 is 0. The van der Waals surface area contributed by atoms with E-state index in [-0.39, 0.29) is 23.3 Å². The summed E-state index contributed by atoms with van der Waals surface area (Å²) in [7, 11) is 0. The van der Waals surface area contributed by atoms with E-state index in [0.717, 1.165) is 19.4 Å². The number of thiocarbonyl (C=S) groups is 1. The topological polar surface area (TPSA) is 46.3 Å². The molecular weight excluding hydrogens is 220 g/mol. The van der Waals surface area contributed by atoms with E-state index >= 15 is 0 Å². The highest BCUT2D eigenvalue weighted by molar-refractivity contribution is 7.80. The van der Waals surface area contributed by atoms with Crippen LogP contribution in [0.25, 0.3) is 0 Å². The molecule has 0 aromatic rings. The lowest BCUT2D eigenvalue weighted by molar-refractivity contribution is -0.137. The zero-order valence-corrected chi connectivity index (χ0v) is 11.4. The SMILES string of the molecule is CC(C)C(C(=O)N1CCCC1(C)C)C(N)=S. The zero-order valence-electron chi connectivity index (χ0n) is 10.6. The minimum Gasteiger partial charge on any atom is -0.393 e. The number of likely N-dealkylation sites (tertiary alicyclic amines) is 1. The lowest BCUT2D eigenvalue weighted by Gasteiger charge is -2.35. The fraction of sp³-hybridized carbons (Fsp3) is 0.833. The number of nitrogens with two attached hydrogens (primary N) is 1. The van der Waals surface area contributed by atoms with E-state index < -0.39 is 0 Å². The summed E-state index contributed by atoms with van der Waals surface area (Å²) in [6.45, 7) is 9.02. The van der Waals surface area contributed by atoms with Crippen LogP contribution in [0.4, 0.5) is 0 Å². The van der Waals surface area contributed by atoms with Crippen LogP contribution >= 0.6 is 12.2 Å². The number of amides is 1. The Morgan fingerprint density at radius 2 is 2.00 bits per heavy atom. The number of carbonyl (C=O) groups is 1. The molecule has 16 heavy (non-hydrogen) atoms. The van der Waals surface area contributed by atoms with Crippen molar-refractivity contribution in [1.82, 2.24) is 4.90 Å². The van der Waals surface area contributed by atoms with E-state index in [2.05, 4.69) is 13.8 Å². The summed E-state index contributed by atoms with van der Waals surface area (Å²) >= 11 is 5.01. The van der Waals surface area contributed by atoms with Gasteiger partial charge in [0.25, 0.3) is 0 Å². The molecule has 1 rings (SSSR count). The van der Waals surface area contributed by atoms with Gasteiger partial charge in [0.05, 0.1) is 10.9 Å². The lowest BCUT2D eigenvalue weighted by atomic mass is 9.92. The maximum Gasteiger partial charge on any atom is 0.233 e. The second-order valence-corrected chi connectivity index (χ2v) is 6.00. The van der Waals surface area contributed by atoms with Gasteiger partial charge in [0.1, 0.15) is 0 Å². The molecule has 0 bridgehead atoms. The predicted molar refractivity (Wildman–Crippen MR) is 70.1 cm³/mol. The molecule has 4 heteroatoms. The monoisotopic (exact) mass is 242 g/mol. The molecular formula is C12H22N2OS. The number of nitrogens with zero attached hydrogens (tertiary/aromatic N) is 1. The van der Waals surface area contributed by atoms with Crippen LogP contribution in [0.3, 0.4) is 0 Å². The highest BCUT2D eigenvalue weighted by atomic mass is 32.1. The predicted octanol–water partition coefficient (Wildman–Crippen LogP) is 1.95. The Hall–Kier alpha value is -0.640. The molecule has 3 nitrogen and oxygen atoms in total. The summed E-state index contributed by atoms with van der Waals surface area (Å²) in [4.78, 5) is 14.7. The van der Waals surface area contributed by atoms with Crippen LogP contribution in [0, 0.1) is 11.8 Å². The Balaban J connectivity index is 2.87. The van der Waals surface area contributed by atoms with E-state index in [1.54, 1.807) is 0 Å². The quantitative estimate of drug-likeness (QED) is 0.769. The molecule has 0 spiro atoms. The molecule has 0 radical (unpaired) electrons. The molecule has 1 amide bonds. The van der Waals surface area contributed by atoms with Crippen LogP contribution in [0.1, 0.15) is 40.5 Å². The molecule has 1 unspecified atom stereocenters. The third kappa shape index (κ3) is 2.54. The molecule has 1 aliphatic rings. The molecule has 0 saturated carbocycles. The van der Waals surface area contributed by atoms with Crippen molar-refractivity contribution in [2.45, 2.75) is 46.1 Å². The minimum atomic E-state index is -0.313. The van der Waals surface area contributed by atoms with Gasteiger partial charge in [-0.3, -0.25) is 4.79 Å². The minimum absolute atomic E-state index is 0.0466. The zero-order chi connectivity index (χ0) is 12.5. The highest BCUT2D eigenvalue weighted by Crippen LogP contribution is 2.31. The third-order valence-corrected chi connectivity index (χ3v) is 3.66. The van der Waals surface area contributed by atoms with Crippen molar-refractivity contribution < 1.29 is 4.79 Å². The molecule has 92 valence electrons. The maximum absolute atomic E-state index is 12.4. The van der Waals surface area contributed by atoms with Gasteiger partial charge in [0.2, 0.25) is 5.91 Å². The van der Waals surface area contributed by atoms with Gasteiger partial charge in [-0.15, -0.1) is 0 Å². The van der Waals surface area contributed by atoms with Gasteiger partial charge >= 0.3 is 0 Å². The van der Waals surface area contributed by atoms with E-state index in [1.165, 1.54) is 0 Å². The molecule has 0 aliphatic carbocycles. The number of rotatable bonds is 3. The van der Waals surface area contributed by atoms with E-state index in [1.807, 2.05) is 18.7 Å². The van der Waals surface area contributed by atoms with Gasteiger partial charge in [-0.05, 0) is 32.6 Å². The number of hydrogen-bond donors (Lipinski definition) is 1. The maximum atomic E-state index is 12.4. The van der Waals surface area contributed by atoms with Gasteiger partial charge in [-0.1, -0.05) is 26.1 Å². The Morgan fingerprint density at radius 1 is 1.44 bits per heavy atom. The molecule has 2 N–H and O–H groups in total. The average molecular weight is 242 g/mol. The van der Waals surface area contributed by atoms with Gasteiger partial charge in [-0.25, -0.2) is 0 Å². The van der Waals surface area contributed by atoms with Gasteiger partial charge in [0.15, 0.2) is 0 Å². The molecule has 1 aliphatic heterocycles. The standard InChI is InChI=1S/C12H22N2OS/c1-8(2)9(10(13)16)11(15)14-7-5-6-12(14,3)4/h8-9H,5-7H2,1-4H3,(H2,13,16). The molecule has 1 fully saturated rings. The lowest BCUT2D eigenvalue weighted by Crippen LogP contribution is -2.49. The first-order valence-corrected chi connectivity index (χ1v) is 6.29. The Bertz CT molecular complexity index is 299. The fourth-order valence-corrected chi connectivity index (χ4v) is 2.79. The Kier molecular flexibility index (Phi) is 3.94. The number of carbonyl (C=O) groups excluding carboxylic acids is 1. The Morgan fingerprint density at radius 3 is 2.31 bits per heavy atom. The first-order chi connectivity index (χ1) is 7.27. The van der Waals surface area contributed by atoms with Crippen LogP contribution in [-0.2, 0) is 4.79 Å². The first kappa shape index (κ1) is 13.4. The van der Waals surface area contributed by atoms with Crippen molar-refractivity contribution in [3.63, 3.8) is 0 Å². The van der Waals surface area contributed by atoms with Gasteiger partial charge in [-0.2, -0.15) is 0 Å². The second-order valence-electron chi connectivity index (χ2n) is 5.53. The summed E-state index contributed by atoms with van der Waals surface area (Å²) in [6, 6.07) is 0. The van der Waals surface area contributed by atoms with Crippen LogP contribution < -0.4 is 5.73 Å².